The van der Waals surface area contributed by atoms with Crippen LogP contribution in [-0.2, 0) is 5.41 Å². The Morgan fingerprint density at radius 2 is 0.800 bits per heavy atom. The van der Waals surface area contributed by atoms with Crippen molar-refractivity contribution in [1.29, 1.82) is 0 Å². The number of aromatic nitrogens is 6. The highest BCUT2D eigenvalue weighted by Crippen LogP contribution is 2.38. The van der Waals surface area contributed by atoms with Gasteiger partial charge in [-0.05, 0) is 139 Å². The molecule has 0 fully saturated rings. The molecule has 0 unspecified atom stereocenters. The minimum absolute atomic E-state index is 0.0705. The molecular weight excluding hydrogens is 840 g/mol. The number of benzene rings is 2. The van der Waals surface area contributed by atoms with Crippen LogP contribution >= 0.6 is 63.7 Å². The summed E-state index contributed by atoms with van der Waals surface area (Å²) in [7, 11) is 0. The zero-order chi connectivity index (χ0) is 33.3. The summed E-state index contributed by atoms with van der Waals surface area (Å²) < 4.78 is 26.2. The number of ether oxygens (including phenoxy) is 4. The van der Waals surface area contributed by atoms with E-state index in [1.165, 1.54) is 5.56 Å². The van der Waals surface area contributed by atoms with Gasteiger partial charge in [0, 0.05) is 0 Å². The summed E-state index contributed by atoms with van der Waals surface area (Å²) in [6, 6.07) is 8.81. The van der Waals surface area contributed by atoms with Gasteiger partial charge in [0.05, 0.1) is 17.9 Å². The number of aryl methyl sites for hydroxylation is 5. The Hall–Kier alpha value is -2.42. The third kappa shape index (κ3) is 12.0. The molecule has 0 aliphatic carbocycles. The van der Waals surface area contributed by atoms with E-state index in [9.17, 15) is 0 Å². The van der Waals surface area contributed by atoms with E-state index in [2.05, 4.69) is 127 Å². The zero-order valence-electron chi connectivity index (χ0n) is 26.5. The molecule has 4 aromatic rings. The van der Waals surface area contributed by atoms with Crippen LogP contribution in [0.4, 0.5) is 0 Å². The van der Waals surface area contributed by atoms with E-state index < -0.39 is 0 Å². The first-order valence-electron chi connectivity index (χ1n) is 14.0. The first kappa shape index (κ1) is 37.0. The fourth-order valence-electron chi connectivity index (χ4n) is 3.81. The Morgan fingerprint density at radius 3 is 1.13 bits per heavy atom. The second-order valence-corrected chi connectivity index (χ2v) is 14.3. The average Bonchev–Trinajstić information content (AvgIpc) is 2.90. The molecule has 0 saturated carbocycles. The summed E-state index contributed by atoms with van der Waals surface area (Å²) in [5.41, 5.74) is 2.44. The number of halogens is 4. The monoisotopic (exact) mass is 872 g/mol. The van der Waals surface area contributed by atoms with Crippen LogP contribution in [-0.4, -0.2) is 56.3 Å². The number of hydrogen-bond donors (Lipinski definition) is 0. The Kier molecular flexibility index (Phi) is 13.9. The van der Waals surface area contributed by atoms with Crippen LogP contribution in [0.3, 0.4) is 0 Å². The van der Waals surface area contributed by atoms with E-state index in [0.717, 1.165) is 35.0 Å². The lowest BCUT2D eigenvalue weighted by molar-refractivity contribution is 0.203. The highest BCUT2D eigenvalue weighted by molar-refractivity contribution is 9.11. The van der Waals surface area contributed by atoms with Crippen molar-refractivity contribution in [3.63, 3.8) is 0 Å². The fraction of sp³-hybridized carbons (Fsp3) is 0.419. The van der Waals surface area contributed by atoms with Gasteiger partial charge < -0.3 is 18.9 Å². The van der Waals surface area contributed by atoms with Crippen molar-refractivity contribution in [3.05, 3.63) is 76.6 Å². The molecule has 0 aliphatic rings. The average molecular weight is 876 g/mol. The maximum atomic E-state index is 5.83. The number of nitrogens with zero attached hydrogens (tertiary/aromatic N) is 6. The van der Waals surface area contributed by atoms with Crippen LogP contribution in [0.25, 0.3) is 0 Å². The fourth-order valence-corrected chi connectivity index (χ4v) is 6.87. The molecule has 0 radical (unpaired) electrons. The molecular formula is C31H36Br4N6O4. The molecule has 0 N–H and O–H groups in total. The lowest BCUT2D eigenvalue weighted by atomic mass is 9.87. The Labute approximate surface area is 298 Å². The van der Waals surface area contributed by atoms with Crippen LogP contribution in [0.15, 0.2) is 42.2 Å². The summed E-state index contributed by atoms with van der Waals surface area (Å²) in [5, 5.41) is 0. The first-order valence-corrected chi connectivity index (χ1v) is 17.1. The molecule has 2 heterocycles. The summed E-state index contributed by atoms with van der Waals surface area (Å²) in [5.74, 6) is 4.08. The van der Waals surface area contributed by atoms with Gasteiger partial charge in [-0.1, -0.05) is 20.8 Å². The molecule has 4 rings (SSSR count). The number of hydrogen-bond acceptors (Lipinski definition) is 10. The van der Waals surface area contributed by atoms with Gasteiger partial charge in [0.25, 0.3) is 0 Å². The smallest absolute Gasteiger partial charge is 0.320 e. The van der Waals surface area contributed by atoms with Gasteiger partial charge in [-0.25, -0.2) is 9.97 Å². The second-order valence-electron chi connectivity index (χ2n) is 10.9. The van der Waals surface area contributed by atoms with Crippen molar-refractivity contribution in [1.82, 2.24) is 29.9 Å². The van der Waals surface area contributed by atoms with Crippen LogP contribution in [0, 0.1) is 34.6 Å². The molecule has 0 amide bonds. The topological polar surface area (TPSA) is 114 Å². The van der Waals surface area contributed by atoms with E-state index >= 15 is 0 Å². The Bertz CT molecular complexity index is 1530. The van der Waals surface area contributed by atoms with Crippen molar-refractivity contribution in [2.75, 3.05) is 26.4 Å². The predicted molar refractivity (Wildman–Crippen MR) is 188 cm³/mol. The summed E-state index contributed by atoms with van der Waals surface area (Å²) >= 11 is 14.1. The summed E-state index contributed by atoms with van der Waals surface area (Å²) in [6.45, 7) is 17.3. The van der Waals surface area contributed by atoms with Gasteiger partial charge in [-0.15, -0.1) is 0 Å². The maximum absolute atomic E-state index is 5.83. The van der Waals surface area contributed by atoms with Crippen molar-refractivity contribution < 1.29 is 18.9 Å². The van der Waals surface area contributed by atoms with E-state index in [4.69, 9.17) is 18.9 Å². The normalized spacial score (nSPS) is 11.0. The first-order chi connectivity index (χ1) is 21.1. The van der Waals surface area contributed by atoms with E-state index in [0.29, 0.717) is 61.7 Å². The minimum atomic E-state index is 0.0705. The zero-order valence-corrected chi connectivity index (χ0v) is 32.8. The lowest BCUT2D eigenvalue weighted by Gasteiger charge is -2.21. The third-order valence-corrected chi connectivity index (χ3v) is 8.16. The predicted octanol–water partition coefficient (Wildman–Crippen LogP) is 8.55. The molecule has 0 aliphatic heterocycles. The molecule has 2 aromatic heterocycles. The van der Waals surface area contributed by atoms with Gasteiger partial charge >= 0.3 is 12.0 Å². The molecule has 10 nitrogen and oxygen atoms in total. The van der Waals surface area contributed by atoms with Gasteiger partial charge in [-0.2, -0.15) is 19.9 Å². The molecule has 0 saturated heterocycles. The molecule has 242 valence electrons. The Balaban J connectivity index is 0.000000248. The number of rotatable bonds is 10. The van der Waals surface area contributed by atoms with Crippen LogP contribution in [0.2, 0.25) is 0 Å². The van der Waals surface area contributed by atoms with Gasteiger partial charge in [0.2, 0.25) is 0 Å². The standard InChI is InChI=1S/C17H21Br2N3O2.C14H15Br2N3O2/c1-10-20-11(2)22-16(21-10)24-7-6-23-15-13(18)8-12(9-14(15)19)17(3,4)5;1-8-6-11(15)13(12(16)7-8)20-4-5-21-14-18-9(2)17-10(3)19-14/h8-9H,6-7H2,1-5H3;6-7H,4-5H2,1-3H3. The quantitative estimate of drug-likeness (QED) is 0.144. The van der Waals surface area contributed by atoms with Gasteiger partial charge in [0.1, 0.15) is 61.2 Å². The van der Waals surface area contributed by atoms with E-state index in [-0.39, 0.29) is 5.41 Å². The maximum Gasteiger partial charge on any atom is 0.320 e. The van der Waals surface area contributed by atoms with Gasteiger partial charge in [-0.3, -0.25) is 0 Å². The third-order valence-electron chi connectivity index (χ3n) is 5.81. The summed E-state index contributed by atoms with van der Waals surface area (Å²) in [6.07, 6.45) is 0. The minimum Gasteiger partial charge on any atom is -0.488 e. The van der Waals surface area contributed by atoms with E-state index in [1.54, 1.807) is 13.8 Å². The van der Waals surface area contributed by atoms with Crippen LogP contribution in [0.5, 0.6) is 23.5 Å². The largest absolute Gasteiger partial charge is 0.488 e. The highest BCUT2D eigenvalue weighted by Gasteiger charge is 2.18. The SMILES string of the molecule is Cc1cc(Br)c(OCCOc2nc(C)nc(C)n2)c(Br)c1.Cc1nc(C)nc(OCCOc2c(Br)cc(C(C)(C)C)cc2Br)n1. The van der Waals surface area contributed by atoms with Crippen LogP contribution in [0.1, 0.15) is 55.2 Å². The van der Waals surface area contributed by atoms with Crippen molar-refractivity contribution >= 4 is 63.7 Å². The van der Waals surface area contributed by atoms with Crippen LogP contribution < -0.4 is 18.9 Å². The molecule has 2 aromatic carbocycles. The second kappa shape index (κ2) is 16.9. The molecule has 0 atom stereocenters. The molecule has 0 bridgehead atoms. The lowest BCUT2D eigenvalue weighted by Crippen LogP contribution is -2.14. The molecule has 14 heteroatoms. The summed E-state index contributed by atoms with van der Waals surface area (Å²) in [4.78, 5) is 24.7. The van der Waals surface area contributed by atoms with Crippen molar-refractivity contribution in [2.45, 2.75) is 60.8 Å². The molecule has 0 spiro atoms. The van der Waals surface area contributed by atoms with E-state index in [1.807, 2.05) is 32.9 Å². The highest BCUT2D eigenvalue weighted by atomic mass is 79.9. The Morgan fingerprint density at radius 1 is 0.489 bits per heavy atom. The van der Waals surface area contributed by atoms with Crippen molar-refractivity contribution in [2.24, 2.45) is 0 Å². The van der Waals surface area contributed by atoms with Gasteiger partial charge in [0.15, 0.2) is 0 Å². The van der Waals surface area contributed by atoms with Crippen molar-refractivity contribution in [3.8, 4) is 23.5 Å². The molecule has 45 heavy (non-hydrogen) atoms.